The molecule has 0 radical (unpaired) electrons. The van der Waals surface area contributed by atoms with Crippen LogP contribution in [0.3, 0.4) is 0 Å². The van der Waals surface area contributed by atoms with Crippen LogP contribution in [0.15, 0.2) is 23.4 Å². The van der Waals surface area contributed by atoms with Crippen molar-refractivity contribution in [1.82, 2.24) is 25.2 Å². The van der Waals surface area contributed by atoms with E-state index in [-0.39, 0.29) is 11.4 Å². The molecule has 3 N–H and O–H groups in total. The second-order valence-corrected chi connectivity index (χ2v) is 6.49. The maximum atomic E-state index is 12.5. The minimum atomic E-state index is -3.62. The molecule has 0 saturated carbocycles. The van der Waals surface area contributed by atoms with E-state index in [9.17, 15) is 8.42 Å². The van der Waals surface area contributed by atoms with E-state index in [0.29, 0.717) is 17.9 Å². The van der Waals surface area contributed by atoms with Gasteiger partial charge in [0.1, 0.15) is 4.90 Å². The Bertz CT molecular complexity index is 724. The lowest BCUT2D eigenvalue weighted by Gasteiger charge is -2.09. The molecule has 2 heterocycles. The van der Waals surface area contributed by atoms with Crippen molar-refractivity contribution in [3.63, 3.8) is 0 Å². The van der Waals surface area contributed by atoms with E-state index in [4.69, 9.17) is 0 Å². The number of H-pyrrole nitrogens is 1. The quantitative estimate of drug-likeness (QED) is 0.726. The van der Waals surface area contributed by atoms with E-state index >= 15 is 0 Å². The molecule has 0 fully saturated rings. The van der Waals surface area contributed by atoms with E-state index in [2.05, 4.69) is 25.2 Å². The predicted molar refractivity (Wildman–Crippen MR) is 79.1 cm³/mol. The summed E-state index contributed by atoms with van der Waals surface area (Å²) < 4.78 is 27.6. The van der Waals surface area contributed by atoms with Crippen molar-refractivity contribution in [2.45, 2.75) is 31.8 Å². The number of nitrogens with zero attached hydrogens (tertiary/aromatic N) is 2. The summed E-state index contributed by atoms with van der Waals surface area (Å²) in [5.41, 5.74) is 2.85. The van der Waals surface area contributed by atoms with Gasteiger partial charge in [0.05, 0.1) is 11.4 Å². The number of hydrogen-bond donors (Lipinski definition) is 3. The highest BCUT2D eigenvalue weighted by atomic mass is 32.2. The summed E-state index contributed by atoms with van der Waals surface area (Å²) in [5, 5.41) is 9.66. The maximum absolute atomic E-state index is 12.5. The van der Waals surface area contributed by atoms with E-state index in [0.717, 1.165) is 11.1 Å². The van der Waals surface area contributed by atoms with Gasteiger partial charge >= 0.3 is 0 Å². The van der Waals surface area contributed by atoms with Crippen LogP contribution in [-0.2, 0) is 23.1 Å². The first kappa shape index (κ1) is 15.6. The van der Waals surface area contributed by atoms with Gasteiger partial charge in [-0.25, -0.2) is 13.1 Å². The van der Waals surface area contributed by atoms with Crippen molar-refractivity contribution >= 4 is 10.0 Å². The molecule has 0 unspecified atom stereocenters. The number of rotatable bonds is 6. The predicted octanol–water partition coefficient (Wildman–Crippen LogP) is 0.619. The molecule has 0 spiro atoms. The highest BCUT2D eigenvalue weighted by molar-refractivity contribution is 7.89. The summed E-state index contributed by atoms with van der Waals surface area (Å²) >= 11 is 0. The number of pyridine rings is 1. The summed E-state index contributed by atoms with van der Waals surface area (Å²) in [6.45, 7) is 4.19. The Morgan fingerprint density at radius 3 is 2.71 bits per heavy atom. The largest absolute Gasteiger partial charge is 0.314 e. The molecule has 0 atom stereocenters. The number of aromatic nitrogens is 3. The fraction of sp³-hybridized carbons (Fsp3) is 0.385. The van der Waals surface area contributed by atoms with Gasteiger partial charge in [-0.05, 0) is 38.1 Å². The summed E-state index contributed by atoms with van der Waals surface area (Å²) in [5.74, 6) is 0. The van der Waals surface area contributed by atoms with E-state index in [1.165, 1.54) is 0 Å². The monoisotopic (exact) mass is 309 g/mol. The Hall–Kier alpha value is -1.77. The van der Waals surface area contributed by atoms with Gasteiger partial charge in [0.25, 0.3) is 0 Å². The molecular weight excluding hydrogens is 290 g/mol. The van der Waals surface area contributed by atoms with Crippen molar-refractivity contribution in [3.05, 3.63) is 41.0 Å². The van der Waals surface area contributed by atoms with Gasteiger partial charge in [-0.1, -0.05) is 0 Å². The van der Waals surface area contributed by atoms with Crippen LogP contribution in [0.5, 0.6) is 0 Å². The van der Waals surface area contributed by atoms with Crippen molar-refractivity contribution in [3.8, 4) is 0 Å². The third-order valence-electron chi connectivity index (χ3n) is 3.16. The van der Waals surface area contributed by atoms with Crippen LogP contribution >= 0.6 is 0 Å². The Morgan fingerprint density at radius 1 is 1.29 bits per heavy atom. The molecule has 2 aromatic rings. The van der Waals surface area contributed by atoms with Crippen molar-refractivity contribution in [2.24, 2.45) is 0 Å². The van der Waals surface area contributed by atoms with Gasteiger partial charge in [-0.2, -0.15) is 5.10 Å². The lowest BCUT2D eigenvalue weighted by molar-refractivity contribution is 0.578. The van der Waals surface area contributed by atoms with Gasteiger partial charge in [-0.3, -0.25) is 10.1 Å². The van der Waals surface area contributed by atoms with Gasteiger partial charge in [0.15, 0.2) is 0 Å². The SMILES string of the molecule is CNCc1n[nH]c(C)c1S(=O)(=O)NCc1ccncc1C. The molecule has 7 nitrogen and oxygen atoms in total. The summed E-state index contributed by atoms with van der Waals surface area (Å²) in [4.78, 5) is 4.20. The normalized spacial score (nSPS) is 11.8. The van der Waals surface area contributed by atoms with Crippen molar-refractivity contribution in [1.29, 1.82) is 0 Å². The second-order valence-electron chi connectivity index (χ2n) is 4.78. The number of aromatic amines is 1. The van der Waals surface area contributed by atoms with Crippen LogP contribution in [0.2, 0.25) is 0 Å². The lowest BCUT2D eigenvalue weighted by Crippen LogP contribution is -2.25. The minimum absolute atomic E-state index is 0.212. The van der Waals surface area contributed by atoms with Crippen LogP contribution in [0.25, 0.3) is 0 Å². The fourth-order valence-corrected chi connectivity index (χ4v) is 3.43. The molecule has 2 aromatic heterocycles. The molecular formula is C13H19N5O2S. The molecule has 0 amide bonds. The van der Waals surface area contributed by atoms with E-state index in [1.807, 2.05) is 6.92 Å². The van der Waals surface area contributed by atoms with Gasteiger partial charge in [0, 0.05) is 25.5 Å². The zero-order chi connectivity index (χ0) is 15.5. The molecule has 2 rings (SSSR count). The number of aryl methyl sites for hydroxylation is 2. The summed E-state index contributed by atoms with van der Waals surface area (Å²) in [6, 6.07) is 1.80. The van der Waals surface area contributed by atoms with Crippen LogP contribution in [0.4, 0.5) is 0 Å². The minimum Gasteiger partial charge on any atom is -0.314 e. The Labute approximate surface area is 124 Å². The van der Waals surface area contributed by atoms with Gasteiger partial charge < -0.3 is 5.32 Å². The van der Waals surface area contributed by atoms with Gasteiger partial charge in [-0.15, -0.1) is 0 Å². The molecule has 0 bridgehead atoms. The Kier molecular flexibility index (Phi) is 4.71. The number of nitrogens with one attached hydrogen (secondary N) is 3. The maximum Gasteiger partial charge on any atom is 0.244 e. The average molecular weight is 309 g/mol. The summed E-state index contributed by atoms with van der Waals surface area (Å²) in [7, 11) is -1.88. The molecule has 21 heavy (non-hydrogen) atoms. The first-order valence-electron chi connectivity index (χ1n) is 6.53. The standard InChI is InChI=1S/C13H19N5O2S/c1-9-6-15-5-4-11(9)7-16-21(19,20)13-10(2)17-18-12(13)8-14-3/h4-6,14,16H,7-8H2,1-3H3,(H,17,18). The fourth-order valence-electron chi connectivity index (χ4n) is 2.06. The number of sulfonamides is 1. The lowest BCUT2D eigenvalue weighted by atomic mass is 10.2. The summed E-state index contributed by atoms with van der Waals surface area (Å²) in [6.07, 6.45) is 3.35. The van der Waals surface area contributed by atoms with Crippen LogP contribution in [0, 0.1) is 13.8 Å². The number of hydrogen-bond acceptors (Lipinski definition) is 5. The smallest absolute Gasteiger partial charge is 0.244 e. The molecule has 8 heteroatoms. The Balaban J connectivity index is 2.23. The molecule has 0 aromatic carbocycles. The zero-order valence-corrected chi connectivity index (χ0v) is 13.1. The zero-order valence-electron chi connectivity index (χ0n) is 12.3. The molecule has 0 aliphatic carbocycles. The van der Waals surface area contributed by atoms with E-state index < -0.39 is 10.0 Å². The molecule has 0 aliphatic rings. The van der Waals surface area contributed by atoms with Crippen LogP contribution in [-0.4, -0.2) is 30.6 Å². The van der Waals surface area contributed by atoms with Gasteiger partial charge in [0.2, 0.25) is 10.0 Å². The van der Waals surface area contributed by atoms with E-state index in [1.54, 1.807) is 32.4 Å². The molecule has 0 aliphatic heterocycles. The van der Waals surface area contributed by atoms with Crippen molar-refractivity contribution in [2.75, 3.05) is 7.05 Å². The third-order valence-corrected chi connectivity index (χ3v) is 4.77. The molecule has 0 saturated heterocycles. The molecule has 114 valence electrons. The topological polar surface area (TPSA) is 99.8 Å². The van der Waals surface area contributed by atoms with Crippen LogP contribution in [0.1, 0.15) is 22.5 Å². The highest BCUT2D eigenvalue weighted by Gasteiger charge is 2.23. The average Bonchev–Trinajstić information content (AvgIpc) is 2.80. The Morgan fingerprint density at radius 2 is 2.05 bits per heavy atom. The van der Waals surface area contributed by atoms with Crippen LogP contribution < -0.4 is 10.0 Å². The third kappa shape index (κ3) is 3.46. The highest BCUT2D eigenvalue weighted by Crippen LogP contribution is 2.18. The van der Waals surface area contributed by atoms with Crippen molar-refractivity contribution < 1.29 is 8.42 Å². The second kappa shape index (κ2) is 6.33. The first-order chi connectivity index (χ1) is 9.95. The first-order valence-corrected chi connectivity index (χ1v) is 8.01.